The summed E-state index contributed by atoms with van der Waals surface area (Å²) in [4.78, 5) is 9.29. The van der Waals surface area contributed by atoms with Crippen LogP contribution in [0.15, 0.2) is 9.98 Å². The molecule has 0 saturated carbocycles. The fraction of sp³-hybridized carbons (Fsp3) is 0.143. The zero-order valence-electron chi connectivity index (χ0n) is 6.14. The Morgan fingerprint density at radius 2 is 2.25 bits per heavy atom. The van der Waals surface area contributed by atoms with Crippen molar-refractivity contribution in [2.75, 3.05) is 0 Å². The third kappa shape index (κ3) is 1.34. The summed E-state index contributed by atoms with van der Waals surface area (Å²) in [6.45, 7) is 1.92. The second-order valence-corrected chi connectivity index (χ2v) is 5.00. The SMILES string of the molecule is Cc1cc2nc(Br)sc2nc1Cl. The molecular formula is C7H4BrClN2S. The molecule has 0 N–H and O–H groups in total. The van der Waals surface area contributed by atoms with Crippen molar-refractivity contribution in [3.8, 4) is 0 Å². The molecule has 0 aliphatic rings. The molecule has 0 aliphatic heterocycles. The van der Waals surface area contributed by atoms with Gasteiger partial charge in [0.2, 0.25) is 0 Å². The minimum atomic E-state index is 0.554. The predicted molar refractivity (Wildman–Crippen MR) is 54.9 cm³/mol. The molecule has 0 atom stereocenters. The molecule has 0 unspecified atom stereocenters. The van der Waals surface area contributed by atoms with E-state index in [0.717, 1.165) is 19.8 Å². The Kier molecular flexibility index (Phi) is 2.06. The van der Waals surface area contributed by atoms with Crippen LogP contribution in [0.5, 0.6) is 0 Å². The van der Waals surface area contributed by atoms with Crippen molar-refractivity contribution in [2.45, 2.75) is 6.92 Å². The monoisotopic (exact) mass is 262 g/mol. The molecule has 62 valence electrons. The predicted octanol–water partition coefficient (Wildman–Crippen LogP) is 3.42. The van der Waals surface area contributed by atoms with E-state index < -0.39 is 0 Å². The van der Waals surface area contributed by atoms with Crippen molar-refractivity contribution in [1.29, 1.82) is 0 Å². The Morgan fingerprint density at radius 1 is 1.50 bits per heavy atom. The molecule has 0 radical (unpaired) electrons. The first-order valence-electron chi connectivity index (χ1n) is 3.26. The van der Waals surface area contributed by atoms with Gasteiger partial charge in [0.25, 0.3) is 0 Å². The number of nitrogens with zero attached hydrogens (tertiary/aromatic N) is 2. The molecular weight excluding hydrogens is 260 g/mol. The number of hydrogen-bond acceptors (Lipinski definition) is 3. The van der Waals surface area contributed by atoms with Crippen molar-refractivity contribution in [2.24, 2.45) is 0 Å². The summed E-state index contributed by atoms with van der Waals surface area (Å²) in [7, 11) is 0. The molecule has 5 heteroatoms. The fourth-order valence-electron chi connectivity index (χ4n) is 0.913. The molecule has 12 heavy (non-hydrogen) atoms. The average molecular weight is 264 g/mol. The summed E-state index contributed by atoms with van der Waals surface area (Å²) in [5.74, 6) is 0. The molecule has 0 fully saturated rings. The highest BCUT2D eigenvalue weighted by Gasteiger charge is 2.05. The van der Waals surface area contributed by atoms with E-state index in [1.165, 1.54) is 11.3 Å². The van der Waals surface area contributed by atoms with Crippen LogP contribution in [-0.4, -0.2) is 9.97 Å². The van der Waals surface area contributed by atoms with Gasteiger partial charge in [-0.3, -0.25) is 0 Å². The molecule has 2 aromatic heterocycles. The number of thiazole rings is 1. The van der Waals surface area contributed by atoms with Gasteiger partial charge in [0.15, 0.2) is 3.92 Å². The topological polar surface area (TPSA) is 25.8 Å². The molecule has 0 spiro atoms. The van der Waals surface area contributed by atoms with Crippen LogP contribution in [-0.2, 0) is 0 Å². The van der Waals surface area contributed by atoms with Gasteiger partial charge < -0.3 is 0 Å². The average Bonchev–Trinajstić information content (AvgIpc) is 2.30. The molecule has 0 bridgehead atoms. The van der Waals surface area contributed by atoms with Gasteiger partial charge in [-0.25, -0.2) is 9.97 Å². The van der Waals surface area contributed by atoms with Gasteiger partial charge >= 0.3 is 0 Å². The van der Waals surface area contributed by atoms with Gasteiger partial charge in [0.05, 0.1) is 0 Å². The van der Waals surface area contributed by atoms with Gasteiger partial charge in [0.1, 0.15) is 15.5 Å². The van der Waals surface area contributed by atoms with Crippen LogP contribution in [0, 0.1) is 6.92 Å². The molecule has 0 amide bonds. The Balaban J connectivity index is 2.83. The third-order valence-corrected chi connectivity index (χ3v) is 3.29. The molecule has 2 rings (SSSR count). The second kappa shape index (κ2) is 2.94. The number of halogens is 2. The van der Waals surface area contributed by atoms with Crippen molar-refractivity contribution < 1.29 is 0 Å². The molecule has 0 aromatic carbocycles. The van der Waals surface area contributed by atoms with Crippen molar-refractivity contribution in [1.82, 2.24) is 9.97 Å². The van der Waals surface area contributed by atoms with Gasteiger partial charge in [-0.1, -0.05) is 22.9 Å². The lowest BCUT2D eigenvalue weighted by molar-refractivity contribution is 1.32. The van der Waals surface area contributed by atoms with Crippen molar-refractivity contribution in [3.05, 3.63) is 20.7 Å². The first-order valence-corrected chi connectivity index (χ1v) is 5.25. The van der Waals surface area contributed by atoms with Gasteiger partial charge in [0, 0.05) is 0 Å². The molecule has 0 aliphatic carbocycles. The van der Waals surface area contributed by atoms with Crippen LogP contribution in [0.1, 0.15) is 5.56 Å². The maximum Gasteiger partial charge on any atom is 0.161 e. The summed E-state index contributed by atoms with van der Waals surface area (Å²) in [6.07, 6.45) is 0. The van der Waals surface area contributed by atoms with Crippen molar-refractivity contribution >= 4 is 49.2 Å². The standard InChI is InChI=1S/C7H4BrClN2S/c1-3-2-4-6(11-5(3)9)12-7(8)10-4/h2H,1H3. The van der Waals surface area contributed by atoms with Crippen LogP contribution in [0.3, 0.4) is 0 Å². The first-order chi connectivity index (χ1) is 5.66. The minimum absolute atomic E-state index is 0.554. The second-order valence-electron chi connectivity index (χ2n) is 2.39. The van der Waals surface area contributed by atoms with Crippen LogP contribution < -0.4 is 0 Å². The zero-order chi connectivity index (χ0) is 8.72. The number of fused-ring (bicyclic) bond motifs is 1. The van der Waals surface area contributed by atoms with Crippen LogP contribution in [0.2, 0.25) is 5.15 Å². The number of hydrogen-bond donors (Lipinski definition) is 0. The molecule has 0 saturated heterocycles. The van der Waals surface area contributed by atoms with E-state index in [0.29, 0.717) is 5.15 Å². The lowest BCUT2D eigenvalue weighted by atomic mass is 10.3. The summed E-state index contributed by atoms with van der Waals surface area (Å²) in [5.41, 5.74) is 1.86. The summed E-state index contributed by atoms with van der Waals surface area (Å²) in [5, 5.41) is 0.554. The number of rotatable bonds is 0. The van der Waals surface area contributed by atoms with Crippen LogP contribution >= 0.6 is 38.9 Å². The zero-order valence-corrected chi connectivity index (χ0v) is 9.29. The lowest BCUT2D eigenvalue weighted by Gasteiger charge is -1.93. The Morgan fingerprint density at radius 3 is 3.00 bits per heavy atom. The third-order valence-electron chi connectivity index (χ3n) is 1.49. The quantitative estimate of drug-likeness (QED) is 0.681. The highest BCUT2D eigenvalue weighted by atomic mass is 79.9. The normalized spacial score (nSPS) is 10.9. The fourth-order valence-corrected chi connectivity index (χ4v) is 2.40. The van der Waals surface area contributed by atoms with Crippen LogP contribution in [0.4, 0.5) is 0 Å². The van der Waals surface area contributed by atoms with E-state index in [4.69, 9.17) is 11.6 Å². The van der Waals surface area contributed by atoms with Gasteiger partial charge in [-0.2, -0.15) is 0 Å². The molecule has 2 nitrogen and oxygen atoms in total. The van der Waals surface area contributed by atoms with Gasteiger partial charge in [-0.05, 0) is 34.5 Å². The first kappa shape index (κ1) is 8.41. The largest absolute Gasteiger partial charge is 0.227 e. The maximum atomic E-state index is 5.85. The van der Waals surface area contributed by atoms with E-state index in [9.17, 15) is 0 Å². The highest BCUT2D eigenvalue weighted by Crippen LogP contribution is 2.27. The molecule has 2 heterocycles. The van der Waals surface area contributed by atoms with E-state index in [2.05, 4.69) is 25.9 Å². The van der Waals surface area contributed by atoms with E-state index in [-0.39, 0.29) is 0 Å². The maximum absolute atomic E-state index is 5.85. The number of pyridine rings is 1. The summed E-state index contributed by atoms with van der Waals surface area (Å²) in [6, 6.07) is 1.94. The summed E-state index contributed by atoms with van der Waals surface area (Å²) < 4.78 is 0.840. The molecule has 2 aromatic rings. The minimum Gasteiger partial charge on any atom is -0.227 e. The number of aryl methyl sites for hydroxylation is 1. The van der Waals surface area contributed by atoms with Crippen LogP contribution in [0.25, 0.3) is 10.3 Å². The Hall–Kier alpha value is -0.190. The van der Waals surface area contributed by atoms with E-state index in [1.807, 2.05) is 13.0 Å². The summed E-state index contributed by atoms with van der Waals surface area (Å²) >= 11 is 10.6. The van der Waals surface area contributed by atoms with E-state index >= 15 is 0 Å². The lowest BCUT2D eigenvalue weighted by Crippen LogP contribution is -1.80. The smallest absolute Gasteiger partial charge is 0.161 e. The van der Waals surface area contributed by atoms with Gasteiger partial charge in [-0.15, -0.1) is 0 Å². The van der Waals surface area contributed by atoms with E-state index in [1.54, 1.807) is 0 Å². The van der Waals surface area contributed by atoms with Crippen molar-refractivity contribution in [3.63, 3.8) is 0 Å². The highest BCUT2D eigenvalue weighted by molar-refractivity contribution is 9.11. The Bertz CT molecular complexity index is 401. The Labute approximate surface area is 86.7 Å². The number of aromatic nitrogens is 2.